The van der Waals surface area contributed by atoms with Crippen molar-refractivity contribution in [2.24, 2.45) is 0 Å². The van der Waals surface area contributed by atoms with Crippen molar-refractivity contribution in [1.29, 1.82) is 0 Å². The molecule has 20 heavy (non-hydrogen) atoms. The molecule has 0 spiro atoms. The summed E-state index contributed by atoms with van der Waals surface area (Å²) in [5.74, 6) is 5.47. The van der Waals surface area contributed by atoms with Crippen LogP contribution < -0.4 is 10.6 Å². The second-order valence-electron chi connectivity index (χ2n) is 5.09. The van der Waals surface area contributed by atoms with E-state index in [9.17, 15) is 4.79 Å². The van der Waals surface area contributed by atoms with Gasteiger partial charge < -0.3 is 15.7 Å². The van der Waals surface area contributed by atoms with Crippen LogP contribution in [-0.2, 0) is 0 Å². The Morgan fingerprint density at radius 3 is 2.85 bits per heavy atom. The molecule has 1 aromatic carbocycles. The first-order valence-electron chi connectivity index (χ1n) is 6.97. The molecule has 1 aromatic rings. The van der Waals surface area contributed by atoms with E-state index >= 15 is 0 Å². The van der Waals surface area contributed by atoms with E-state index < -0.39 is 0 Å². The average Bonchev–Trinajstić information content (AvgIpc) is 2.91. The highest BCUT2D eigenvalue weighted by molar-refractivity contribution is 5.91. The number of aliphatic hydroxyl groups excluding tert-OH is 1. The van der Waals surface area contributed by atoms with Crippen molar-refractivity contribution in [2.75, 3.05) is 11.9 Å². The van der Waals surface area contributed by atoms with Gasteiger partial charge in [0.2, 0.25) is 0 Å². The molecule has 2 amide bonds. The standard InChI is InChI=1S/C16H20N2O2/c1-12-8-9-15(13(11-12)5-4-10-19)18-16(20)17-14-6-2-3-7-14/h8-9,11,14,19H,2-3,6-7,10H2,1H3,(H2,17,18,20). The Hall–Kier alpha value is -1.99. The van der Waals surface area contributed by atoms with Gasteiger partial charge in [0.05, 0.1) is 5.69 Å². The summed E-state index contributed by atoms with van der Waals surface area (Å²) < 4.78 is 0. The monoisotopic (exact) mass is 272 g/mol. The van der Waals surface area contributed by atoms with Crippen molar-refractivity contribution in [3.63, 3.8) is 0 Å². The molecule has 0 bridgehead atoms. The smallest absolute Gasteiger partial charge is 0.319 e. The van der Waals surface area contributed by atoms with Gasteiger partial charge in [0.25, 0.3) is 0 Å². The normalized spacial score (nSPS) is 14.5. The number of nitrogens with one attached hydrogen (secondary N) is 2. The molecule has 0 aliphatic heterocycles. The zero-order chi connectivity index (χ0) is 14.4. The van der Waals surface area contributed by atoms with Gasteiger partial charge in [0, 0.05) is 11.6 Å². The lowest BCUT2D eigenvalue weighted by atomic mass is 10.1. The quantitative estimate of drug-likeness (QED) is 0.724. The fourth-order valence-electron chi connectivity index (χ4n) is 2.42. The highest BCUT2D eigenvalue weighted by Crippen LogP contribution is 2.19. The van der Waals surface area contributed by atoms with E-state index in [2.05, 4.69) is 22.5 Å². The highest BCUT2D eigenvalue weighted by Gasteiger charge is 2.17. The Balaban J connectivity index is 2.05. The summed E-state index contributed by atoms with van der Waals surface area (Å²) >= 11 is 0. The Morgan fingerprint density at radius 2 is 2.15 bits per heavy atom. The minimum Gasteiger partial charge on any atom is -0.384 e. The third-order valence-electron chi connectivity index (χ3n) is 3.42. The molecule has 3 N–H and O–H groups in total. The Bertz CT molecular complexity index is 537. The fraction of sp³-hybridized carbons (Fsp3) is 0.438. The van der Waals surface area contributed by atoms with Crippen molar-refractivity contribution in [2.45, 2.75) is 38.6 Å². The first-order chi connectivity index (χ1) is 9.69. The predicted octanol–water partition coefficient (Wildman–Crippen LogP) is 2.40. The molecular weight excluding hydrogens is 252 g/mol. The van der Waals surface area contributed by atoms with E-state index in [4.69, 9.17) is 5.11 Å². The van der Waals surface area contributed by atoms with Gasteiger partial charge in [0.1, 0.15) is 6.61 Å². The minimum atomic E-state index is -0.193. The van der Waals surface area contributed by atoms with Gasteiger partial charge in [-0.3, -0.25) is 0 Å². The van der Waals surface area contributed by atoms with Crippen molar-refractivity contribution in [1.82, 2.24) is 5.32 Å². The fourth-order valence-corrected chi connectivity index (χ4v) is 2.42. The zero-order valence-corrected chi connectivity index (χ0v) is 11.7. The molecule has 0 radical (unpaired) electrons. The number of amides is 2. The van der Waals surface area contributed by atoms with Gasteiger partial charge in [-0.25, -0.2) is 4.79 Å². The van der Waals surface area contributed by atoms with Crippen LogP contribution in [0, 0.1) is 18.8 Å². The van der Waals surface area contributed by atoms with Crippen LogP contribution in [0.4, 0.5) is 10.5 Å². The summed E-state index contributed by atoms with van der Waals surface area (Å²) in [5, 5.41) is 14.6. The summed E-state index contributed by atoms with van der Waals surface area (Å²) in [7, 11) is 0. The average molecular weight is 272 g/mol. The second-order valence-corrected chi connectivity index (χ2v) is 5.09. The molecule has 1 saturated carbocycles. The number of carbonyl (C=O) groups excluding carboxylic acids is 1. The van der Waals surface area contributed by atoms with Gasteiger partial charge in [-0.2, -0.15) is 0 Å². The van der Waals surface area contributed by atoms with Gasteiger partial charge in [-0.1, -0.05) is 30.7 Å². The first kappa shape index (κ1) is 14.4. The summed E-state index contributed by atoms with van der Waals surface area (Å²) in [6.45, 7) is 1.77. The highest BCUT2D eigenvalue weighted by atomic mass is 16.2. The summed E-state index contributed by atoms with van der Waals surface area (Å²) in [4.78, 5) is 12.0. The van der Waals surface area contributed by atoms with Crippen LogP contribution in [0.25, 0.3) is 0 Å². The van der Waals surface area contributed by atoms with Crippen LogP contribution in [0.3, 0.4) is 0 Å². The number of urea groups is 1. The molecule has 4 nitrogen and oxygen atoms in total. The lowest BCUT2D eigenvalue weighted by Crippen LogP contribution is -2.36. The van der Waals surface area contributed by atoms with Crippen LogP contribution in [-0.4, -0.2) is 23.8 Å². The van der Waals surface area contributed by atoms with Gasteiger partial charge in [-0.05, 0) is 37.5 Å². The largest absolute Gasteiger partial charge is 0.384 e. The number of anilines is 1. The number of rotatable bonds is 2. The third-order valence-corrected chi connectivity index (χ3v) is 3.42. The lowest BCUT2D eigenvalue weighted by Gasteiger charge is -2.14. The summed E-state index contributed by atoms with van der Waals surface area (Å²) in [6, 6.07) is 5.76. The molecule has 2 rings (SSSR count). The molecule has 0 atom stereocenters. The Labute approximate surface area is 119 Å². The number of aliphatic hydroxyl groups is 1. The van der Waals surface area contributed by atoms with Crippen molar-refractivity contribution < 1.29 is 9.90 Å². The van der Waals surface area contributed by atoms with E-state index in [1.54, 1.807) is 0 Å². The maximum atomic E-state index is 12.0. The summed E-state index contributed by atoms with van der Waals surface area (Å²) in [6.07, 6.45) is 4.47. The number of aryl methyl sites for hydroxylation is 1. The van der Waals surface area contributed by atoms with Gasteiger partial charge in [-0.15, -0.1) is 0 Å². The molecular formula is C16H20N2O2. The second kappa shape index (κ2) is 6.97. The maximum absolute atomic E-state index is 12.0. The van der Waals surface area contributed by atoms with Crippen LogP contribution in [0.15, 0.2) is 18.2 Å². The molecule has 0 aromatic heterocycles. The Morgan fingerprint density at radius 1 is 1.40 bits per heavy atom. The molecule has 1 aliphatic carbocycles. The first-order valence-corrected chi connectivity index (χ1v) is 6.97. The predicted molar refractivity (Wildman–Crippen MR) is 79.6 cm³/mol. The van der Waals surface area contributed by atoms with Gasteiger partial charge >= 0.3 is 6.03 Å². The number of benzene rings is 1. The maximum Gasteiger partial charge on any atom is 0.319 e. The summed E-state index contributed by atoms with van der Waals surface area (Å²) in [5.41, 5.74) is 2.46. The van der Waals surface area contributed by atoms with Crippen LogP contribution in [0.2, 0.25) is 0 Å². The number of hydrogen-bond donors (Lipinski definition) is 3. The van der Waals surface area contributed by atoms with Crippen LogP contribution in [0.5, 0.6) is 0 Å². The van der Waals surface area contributed by atoms with Crippen molar-refractivity contribution >= 4 is 11.7 Å². The lowest BCUT2D eigenvalue weighted by molar-refractivity contribution is 0.248. The van der Waals surface area contributed by atoms with E-state index in [1.807, 2.05) is 25.1 Å². The van der Waals surface area contributed by atoms with Crippen LogP contribution >= 0.6 is 0 Å². The molecule has 106 valence electrons. The topological polar surface area (TPSA) is 61.4 Å². The Kier molecular flexibility index (Phi) is 5.03. The minimum absolute atomic E-state index is 0.187. The zero-order valence-electron chi connectivity index (χ0n) is 11.7. The van der Waals surface area contributed by atoms with Crippen LogP contribution in [0.1, 0.15) is 36.8 Å². The third kappa shape index (κ3) is 4.01. The van der Waals surface area contributed by atoms with E-state index in [1.165, 1.54) is 12.8 Å². The number of carbonyl (C=O) groups is 1. The van der Waals surface area contributed by atoms with E-state index in [0.717, 1.165) is 24.0 Å². The van der Waals surface area contributed by atoms with Crippen molar-refractivity contribution in [3.8, 4) is 11.8 Å². The van der Waals surface area contributed by atoms with Crippen molar-refractivity contribution in [3.05, 3.63) is 29.3 Å². The number of hydrogen-bond acceptors (Lipinski definition) is 2. The van der Waals surface area contributed by atoms with Gasteiger partial charge in [0.15, 0.2) is 0 Å². The molecule has 1 aliphatic rings. The van der Waals surface area contributed by atoms with E-state index in [0.29, 0.717) is 5.69 Å². The molecule has 1 fully saturated rings. The molecule has 0 unspecified atom stereocenters. The van der Waals surface area contributed by atoms with E-state index in [-0.39, 0.29) is 18.7 Å². The SMILES string of the molecule is Cc1ccc(NC(=O)NC2CCCC2)c(C#CCO)c1. The molecule has 4 heteroatoms. The molecule has 0 saturated heterocycles. The molecule has 0 heterocycles.